The van der Waals surface area contributed by atoms with Gasteiger partial charge in [0.05, 0.1) is 4.88 Å². The third-order valence-electron chi connectivity index (χ3n) is 3.72. The Morgan fingerprint density at radius 2 is 2.21 bits per heavy atom. The summed E-state index contributed by atoms with van der Waals surface area (Å²) in [5.74, 6) is 0.733. The van der Waals surface area contributed by atoms with Crippen LogP contribution in [-0.2, 0) is 11.3 Å². The fraction of sp³-hybridized carbons (Fsp3) is 0.235. The zero-order valence-corrected chi connectivity index (χ0v) is 15.1. The molecule has 24 heavy (non-hydrogen) atoms. The van der Waals surface area contributed by atoms with Gasteiger partial charge in [0.2, 0.25) is 5.91 Å². The Kier molecular flexibility index (Phi) is 4.92. The molecule has 0 bridgehead atoms. The number of benzene rings is 1. The predicted molar refractivity (Wildman–Crippen MR) is 99.9 cm³/mol. The minimum atomic E-state index is -0.0396. The van der Waals surface area contributed by atoms with Crippen LogP contribution in [0.1, 0.15) is 17.5 Å². The number of nitrogens with zero attached hydrogens (tertiary/aromatic N) is 2. The minimum absolute atomic E-state index is 0.0396. The molecule has 0 unspecified atom stereocenters. The maximum atomic E-state index is 12.3. The summed E-state index contributed by atoms with van der Waals surface area (Å²) >= 11 is 6.87. The summed E-state index contributed by atoms with van der Waals surface area (Å²) in [6.07, 6.45) is 0.333. The zero-order valence-electron chi connectivity index (χ0n) is 13.5. The number of amides is 1. The zero-order chi connectivity index (χ0) is 17.1. The molecular formula is C17H18N4OS2. The van der Waals surface area contributed by atoms with Gasteiger partial charge in [-0.05, 0) is 49.1 Å². The predicted octanol–water partition coefficient (Wildman–Crippen LogP) is 4.31. The smallest absolute Gasteiger partial charge is 0.226 e. The number of aromatic nitrogens is 3. The lowest BCUT2D eigenvalue weighted by Crippen LogP contribution is -2.15. The molecule has 0 aliphatic carbocycles. The second kappa shape index (κ2) is 7.11. The molecule has 1 amide bonds. The van der Waals surface area contributed by atoms with Crippen molar-refractivity contribution in [3.63, 3.8) is 0 Å². The van der Waals surface area contributed by atoms with Crippen molar-refractivity contribution in [3.8, 4) is 10.7 Å². The van der Waals surface area contributed by atoms with E-state index >= 15 is 0 Å². The molecule has 0 radical (unpaired) electrons. The molecule has 3 rings (SSSR count). The van der Waals surface area contributed by atoms with E-state index in [1.54, 1.807) is 11.3 Å². The lowest BCUT2D eigenvalue weighted by atomic mass is 10.1. The molecule has 3 aromatic rings. The molecule has 7 heteroatoms. The first kappa shape index (κ1) is 16.6. The van der Waals surface area contributed by atoms with E-state index in [9.17, 15) is 4.79 Å². The van der Waals surface area contributed by atoms with Crippen LogP contribution in [0.3, 0.4) is 0 Å². The van der Waals surface area contributed by atoms with Crippen molar-refractivity contribution in [2.24, 2.45) is 0 Å². The number of carbonyl (C=O) groups is 1. The number of nitrogens with one attached hydrogen (secondary N) is 2. The fourth-order valence-corrected chi connectivity index (χ4v) is 3.44. The van der Waals surface area contributed by atoms with Gasteiger partial charge in [0.25, 0.3) is 0 Å². The number of H-pyrrole nitrogens is 1. The average molecular weight is 358 g/mol. The highest BCUT2D eigenvalue weighted by molar-refractivity contribution is 7.71. The molecule has 5 nitrogen and oxygen atoms in total. The Labute approximate surface area is 149 Å². The standard InChI is InChI=1S/C17H18N4OS2/c1-11-5-6-13(12(2)10-11)18-15(22)7-8-21-16(19-20-17(21)23)14-4-3-9-24-14/h3-6,9-10H,7-8H2,1-2H3,(H,18,22)(H,20,23). The van der Waals surface area contributed by atoms with Gasteiger partial charge in [-0.25, -0.2) is 0 Å². The van der Waals surface area contributed by atoms with Crippen LogP contribution in [-0.4, -0.2) is 20.7 Å². The first-order valence-electron chi connectivity index (χ1n) is 7.61. The second-order valence-corrected chi connectivity index (χ2v) is 6.93. The quantitative estimate of drug-likeness (QED) is 0.668. The molecule has 0 aliphatic heterocycles. The molecule has 0 spiro atoms. The van der Waals surface area contributed by atoms with Crippen LogP contribution in [0, 0.1) is 18.6 Å². The van der Waals surface area contributed by atoms with Gasteiger partial charge in [-0.15, -0.1) is 11.3 Å². The maximum absolute atomic E-state index is 12.3. The molecule has 2 N–H and O–H groups in total. The van der Waals surface area contributed by atoms with Crippen molar-refractivity contribution < 1.29 is 4.79 Å². The Morgan fingerprint density at radius 3 is 2.92 bits per heavy atom. The topological polar surface area (TPSA) is 62.7 Å². The Bertz CT molecular complexity index is 909. The SMILES string of the molecule is Cc1ccc(NC(=O)CCn2c(-c3cccs3)n[nH]c2=S)c(C)c1. The Morgan fingerprint density at radius 1 is 1.38 bits per heavy atom. The third kappa shape index (κ3) is 3.63. The lowest BCUT2D eigenvalue weighted by Gasteiger charge is -2.10. The lowest BCUT2D eigenvalue weighted by molar-refractivity contribution is -0.116. The van der Waals surface area contributed by atoms with Crippen LogP contribution in [0.5, 0.6) is 0 Å². The number of rotatable bonds is 5. The summed E-state index contributed by atoms with van der Waals surface area (Å²) in [6.45, 7) is 4.51. The van der Waals surface area contributed by atoms with Crippen LogP contribution >= 0.6 is 23.6 Å². The van der Waals surface area contributed by atoms with E-state index in [2.05, 4.69) is 21.6 Å². The first-order valence-corrected chi connectivity index (χ1v) is 8.89. The number of carbonyl (C=O) groups excluding carboxylic acids is 1. The number of aryl methyl sites for hydroxylation is 2. The van der Waals surface area contributed by atoms with E-state index in [0.717, 1.165) is 22.0 Å². The highest BCUT2D eigenvalue weighted by Crippen LogP contribution is 2.23. The van der Waals surface area contributed by atoms with Crippen molar-refractivity contribution in [2.75, 3.05) is 5.32 Å². The van der Waals surface area contributed by atoms with E-state index in [-0.39, 0.29) is 5.91 Å². The van der Waals surface area contributed by atoms with Crippen molar-refractivity contribution in [1.82, 2.24) is 14.8 Å². The summed E-state index contributed by atoms with van der Waals surface area (Å²) in [7, 11) is 0. The van der Waals surface area contributed by atoms with E-state index in [4.69, 9.17) is 12.2 Å². The van der Waals surface area contributed by atoms with E-state index in [0.29, 0.717) is 17.7 Å². The summed E-state index contributed by atoms with van der Waals surface area (Å²) in [6, 6.07) is 9.93. The third-order valence-corrected chi connectivity index (χ3v) is 4.90. The largest absolute Gasteiger partial charge is 0.326 e. The highest BCUT2D eigenvalue weighted by atomic mass is 32.1. The maximum Gasteiger partial charge on any atom is 0.226 e. The molecule has 0 fully saturated rings. The van der Waals surface area contributed by atoms with Crippen LogP contribution in [0.2, 0.25) is 0 Å². The second-order valence-electron chi connectivity index (χ2n) is 5.60. The van der Waals surface area contributed by atoms with Crippen LogP contribution in [0.4, 0.5) is 5.69 Å². The van der Waals surface area contributed by atoms with Crippen LogP contribution < -0.4 is 5.32 Å². The Hall–Kier alpha value is -2.25. The Balaban J connectivity index is 1.69. The summed E-state index contributed by atoms with van der Waals surface area (Å²) < 4.78 is 2.39. The number of hydrogen-bond donors (Lipinski definition) is 2. The number of hydrogen-bond acceptors (Lipinski definition) is 4. The molecule has 0 saturated heterocycles. The molecule has 1 aromatic carbocycles. The first-order chi connectivity index (χ1) is 11.5. The summed E-state index contributed by atoms with van der Waals surface area (Å²) in [5.41, 5.74) is 3.08. The molecule has 124 valence electrons. The van der Waals surface area contributed by atoms with Crippen LogP contribution in [0.25, 0.3) is 10.7 Å². The molecule has 2 heterocycles. The van der Waals surface area contributed by atoms with Crippen molar-refractivity contribution in [1.29, 1.82) is 0 Å². The van der Waals surface area contributed by atoms with Gasteiger partial charge >= 0.3 is 0 Å². The number of thiophene rings is 1. The van der Waals surface area contributed by atoms with E-state index < -0.39 is 0 Å². The van der Waals surface area contributed by atoms with Crippen molar-refractivity contribution in [3.05, 3.63) is 51.6 Å². The fourth-order valence-electron chi connectivity index (χ4n) is 2.50. The minimum Gasteiger partial charge on any atom is -0.326 e. The highest BCUT2D eigenvalue weighted by Gasteiger charge is 2.12. The van der Waals surface area contributed by atoms with Gasteiger partial charge < -0.3 is 5.32 Å². The van der Waals surface area contributed by atoms with Gasteiger partial charge in [-0.1, -0.05) is 23.8 Å². The molecule has 0 atom stereocenters. The van der Waals surface area contributed by atoms with Gasteiger partial charge in [0.15, 0.2) is 10.6 Å². The number of anilines is 1. The van der Waals surface area contributed by atoms with Gasteiger partial charge in [-0.2, -0.15) is 5.10 Å². The van der Waals surface area contributed by atoms with Gasteiger partial charge in [0.1, 0.15) is 0 Å². The molecule has 0 aliphatic rings. The number of aromatic amines is 1. The molecule has 2 aromatic heterocycles. The average Bonchev–Trinajstić information content (AvgIpc) is 3.17. The van der Waals surface area contributed by atoms with Gasteiger partial charge in [-0.3, -0.25) is 14.5 Å². The summed E-state index contributed by atoms with van der Waals surface area (Å²) in [5, 5.41) is 12.0. The summed E-state index contributed by atoms with van der Waals surface area (Å²) in [4.78, 5) is 13.3. The van der Waals surface area contributed by atoms with E-state index in [1.165, 1.54) is 5.56 Å². The molecule has 0 saturated carbocycles. The van der Waals surface area contributed by atoms with E-state index in [1.807, 2.05) is 48.1 Å². The monoisotopic (exact) mass is 358 g/mol. The normalized spacial score (nSPS) is 10.8. The van der Waals surface area contributed by atoms with Crippen molar-refractivity contribution in [2.45, 2.75) is 26.8 Å². The van der Waals surface area contributed by atoms with Gasteiger partial charge in [0, 0.05) is 18.7 Å². The van der Waals surface area contributed by atoms with Crippen molar-refractivity contribution >= 4 is 35.1 Å². The van der Waals surface area contributed by atoms with Crippen LogP contribution in [0.15, 0.2) is 35.7 Å². The molecular weight excluding hydrogens is 340 g/mol.